The maximum atomic E-state index is 11.6. The normalized spacial score (nSPS) is 19.9. The van der Waals surface area contributed by atoms with E-state index in [1.807, 2.05) is 6.92 Å². The van der Waals surface area contributed by atoms with E-state index in [1.165, 1.54) is 12.8 Å². The number of rotatable bonds is 7. The molecule has 0 bridgehead atoms. The highest BCUT2D eigenvalue weighted by molar-refractivity contribution is 5.81. The number of carbonyl (C=O) groups excluding carboxylic acids is 1. The zero-order valence-electron chi connectivity index (χ0n) is 10.7. The summed E-state index contributed by atoms with van der Waals surface area (Å²) >= 11 is 0. The zero-order valence-corrected chi connectivity index (χ0v) is 10.7. The Morgan fingerprint density at radius 2 is 2.18 bits per heavy atom. The number of hydrogen-bond acceptors (Lipinski definition) is 3. The van der Waals surface area contributed by atoms with Crippen molar-refractivity contribution < 1.29 is 9.90 Å². The highest BCUT2D eigenvalue weighted by Crippen LogP contribution is 2.36. The molecule has 4 heteroatoms. The third kappa shape index (κ3) is 4.13. The molecule has 1 aliphatic carbocycles. The summed E-state index contributed by atoms with van der Waals surface area (Å²) in [5.74, 6) is -0.0176. The Balaban J connectivity index is 2.33. The smallest absolute Gasteiger partial charge is 0.237 e. The van der Waals surface area contributed by atoms with Gasteiger partial charge in [-0.15, -0.1) is 6.58 Å². The van der Waals surface area contributed by atoms with E-state index >= 15 is 0 Å². The first-order chi connectivity index (χ1) is 8.13. The summed E-state index contributed by atoms with van der Waals surface area (Å²) in [6.07, 6.45) is 6.13. The highest BCUT2D eigenvalue weighted by Gasteiger charge is 2.33. The minimum absolute atomic E-state index is 0.00697. The molecule has 0 radical (unpaired) electrons. The van der Waals surface area contributed by atoms with E-state index < -0.39 is 0 Å². The van der Waals surface area contributed by atoms with Gasteiger partial charge in [0.05, 0.1) is 6.04 Å². The van der Waals surface area contributed by atoms with Crippen molar-refractivity contribution in [1.29, 1.82) is 0 Å². The van der Waals surface area contributed by atoms with Crippen molar-refractivity contribution in [3.8, 4) is 0 Å². The Kier molecular flexibility index (Phi) is 5.65. The first-order valence-corrected chi connectivity index (χ1v) is 6.36. The summed E-state index contributed by atoms with van der Waals surface area (Å²) in [5, 5.41) is 15.4. The molecule has 1 atom stereocenters. The van der Waals surface area contributed by atoms with Gasteiger partial charge in [-0.3, -0.25) is 4.79 Å². The van der Waals surface area contributed by atoms with Gasteiger partial charge in [-0.1, -0.05) is 18.9 Å². The van der Waals surface area contributed by atoms with Gasteiger partial charge in [0.25, 0.3) is 0 Å². The molecule has 4 nitrogen and oxygen atoms in total. The van der Waals surface area contributed by atoms with Crippen LogP contribution in [-0.4, -0.2) is 36.8 Å². The van der Waals surface area contributed by atoms with E-state index in [-0.39, 0.29) is 24.0 Å². The van der Waals surface area contributed by atoms with Gasteiger partial charge in [0.2, 0.25) is 5.91 Å². The minimum atomic E-state index is -0.223. The summed E-state index contributed by atoms with van der Waals surface area (Å²) in [6, 6.07) is -0.223. The van der Waals surface area contributed by atoms with Crippen LogP contribution in [0.4, 0.5) is 0 Å². The van der Waals surface area contributed by atoms with E-state index in [1.54, 1.807) is 6.08 Å². The molecular formula is C13H24N2O2. The second-order valence-corrected chi connectivity index (χ2v) is 5.00. The Bertz CT molecular complexity index is 260. The van der Waals surface area contributed by atoms with Crippen molar-refractivity contribution >= 4 is 5.91 Å². The Hall–Kier alpha value is -0.870. The van der Waals surface area contributed by atoms with E-state index in [9.17, 15) is 9.90 Å². The number of amides is 1. The molecule has 0 aromatic rings. The molecule has 0 aromatic carbocycles. The molecule has 3 N–H and O–H groups in total. The Morgan fingerprint density at radius 1 is 1.53 bits per heavy atom. The van der Waals surface area contributed by atoms with Crippen LogP contribution in [0.2, 0.25) is 0 Å². The monoisotopic (exact) mass is 240 g/mol. The first-order valence-electron chi connectivity index (χ1n) is 6.36. The van der Waals surface area contributed by atoms with Crippen LogP contribution in [0, 0.1) is 5.41 Å². The molecule has 98 valence electrons. The summed E-state index contributed by atoms with van der Waals surface area (Å²) < 4.78 is 0. The van der Waals surface area contributed by atoms with E-state index in [0.717, 1.165) is 12.8 Å². The molecule has 1 fully saturated rings. The van der Waals surface area contributed by atoms with Crippen LogP contribution in [0.1, 0.15) is 32.6 Å². The van der Waals surface area contributed by atoms with Crippen LogP contribution in [0.15, 0.2) is 12.7 Å². The van der Waals surface area contributed by atoms with Crippen molar-refractivity contribution in [1.82, 2.24) is 10.6 Å². The maximum Gasteiger partial charge on any atom is 0.237 e. The van der Waals surface area contributed by atoms with Gasteiger partial charge in [-0.05, 0) is 19.8 Å². The van der Waals surface area contributed by atoms with E-state index in [2.05, 4.69) is 17.2 Å². The van der Waals surface area contributed by atoms with Crippen molar-refractivity contribution in [3.63, 3.8) is 0 Å². The minimum Gasteiger partial charge on any atom is -0.396 e. The Morgan fingerprint density at radius 3 is 2.71 bits per heavy atom. The van der Waals surface area contributed by atoms with Crippen molar-refractivity contribution in [3.05, 3.63) is 12.7 Å². The number of nitrogens with one attached hydrogen (secondary N) is 2. The first kappa shape index (κ1) is 14.2. The molecule has 0 saturated heterocycles. The quantitative estimate of drug-likeness (QED) is 0.577. The highest BCUT2D eigenvalue weighted by atomic mass is 16.3. The molecule has 1 aliphatic rings. The summed E-state index contributed by atoms with van der Waals surface area (Å²) in [6.45, 7) is 6.82. The lowest BCUT2D eigenvalue weighted by atomic mass is 9.87. The second-order valence-electron chi connectivity index (χ2n) is 5.00. The molecule has 17 heavy (non-hydrogen) atoms. The van der Waals surface area contributed by atoms with Crippen molar-refractivity contribution in [2.24, 2.45) is 5.41 Å². The van der Waals surface area contributed by atoms with E-state index in [4.69, 9.17) is 0 Å². The fourth-order valence-electron chi connectivity index (χ4n) is 2.30. The summed E-state index contributed by atoms with van der Waals surface area (Å²) in [7, 11) is 0. The largest absolute Gasteiger partial charge is 0.396 e. The standard InChI is InChI=1S/C13H24N2O2/c1-3-8-14-12(17)11(2)15-9-13(10-16)6-4-5-7-13/h3,11,15-16H,1,4-10H2,2H3,(H,14,17). The number of aliphatic hydroxyl groups excluding tert-OH is 1. The molecular weight excluding hydrogens is 216 g/mol. The number of aliphatic hydroxyl groups is 1. The average Bonchev–Trinajstić information content (AvgIpc) is 2.82. The molecule has 0 spiro atoms. The van der Waals surface area contributed by atoms with Crippen molar-refractivity contribution in [2.45, 2.75) is 38.6 Å². The van der Waals surface area contributed by atoms with Gasteiger partial charge in [0.15, 0.2) is 0 Å². The molecule has 0 heterocycles. The molecule has 1 saturated carbocycles. The van der Waals surface area contributed by atoms with Crippen LogP contribution in [0.5, 0.6) is 0 Å². The summed E-state index contributed by atoms with van der Waals surface area (Å²) in [5.41, 5.74) is -0.00697. The van der Waals surface area contributed by atoms with Crippen LogP contribution in [-0.2, 0) is 4.79 Å². The fraction of sp³-hybridized carbons (Fsp3) is 0.769. The van der Waals surface area contributed by atoms with Crippen LogP contribution in [0.3, 0.4) is 0 Å². The van der Waals surface area contributed by atoms with Gasteiger partial charge in [-0.25, -0.2) is 0 Å². The van der Waals surface area contributed by atoms with Gasteiger partial charge in [-0.2, -0.15) is 0 Å². The molecule has 1 amide bonds. The van der Waals surface area contributed by atoms with Crippen LogP contribution < -0.4 is 10.6 Å². The van der Waals surface area contributed by atoms with Gasteiger partial charge in [0, 0.05) is 25.1 Å². The van der Waals surface area contributed by atoms with Gasteiger partial charge in [0.1, 0.15) is 0 Å². The van der Waals surface area contributed by atoms with Crippen LogP contribution in [0.25, 0.3) is 0 Å². The lowest BCUT2D eigenvalue weighted by Gasteiger charge is -2.28. The predicted molar refractivity (Wildman–Crippen MR) is 68.7 cm³/mol. The predicted octanol–water partition coefficient (Wildman–Crippen LogP) is 0.819. The SMILES string of the molecule is C=CCNC(=O)C(C)NCC1(CO)CCCC1. The zero-order chi connectivity index (χ0) is 12.7. The maximum absolute atomic E-state index is 11.6. The number of hydrogen-bond donors (Lipinski definition) is 3. The Labute approximate surface area is 103 Å². The van der Waals surface area contributed by atoms with Crippen molar-refractivity contribution in [2.75, 3.05) is 19.7 Å². The average molecular weight is 240 g/mol. The third-order valence-corrected chi connectivity index (χ3v) is 3.60. The molecule has 1 unspecified atom stereocenters. The fourth-order valence-corrected chi connectivity index (χ4v) is 2.30. The second kappa shape index (κ2) is 6.77. The van der Waals surface area contributed by atoms with Gasteiger partial charge >= 0.3 is 0 Å². The summed E-state index contributed by atoms with van der Waals surface area (Å²) in [4.78, 5) is 11.6. The molecule has 0 aromatic heterocycles. The topological polar surface area (TPSA) is 61.4 Å². The van der Waals surface area contributed by atoms with Gasteiger partial charge < -0.3 is 15.7 Å². The number of carbonyl (C=O) groups is 1. The van der Waals surface area contributed by atoms with Crippen LogP contribution >= 0.6 is 0 Å². The third-order valence-electron chi connectivity index (χ3n) is 3.60. The van der Waals surface area contributed by atoms with E-state index in [0.29, 0.717) is 13.1 Å². The lowest BCUT2D eigenvalue weighted by molar-refractivity contribution is -0.122. The molecule has 0 aliphatic heterocycles. The lowest BCUT2D eigenvalue weighted by Crippen LogP contribution is -2.46. The molecule has 1 rings (SSSR count).